The van der Waals surface area contributed by atoms with Gasteiger partial charge in [-0.2, -0.15) is 0 Å². The topological polar surface area (TPSA) is 26.3 Å². The third-order valence-corrected chi connectivity index (χ3v) is 4.63. The third kappa shape index (κ3) is 2.93. The maximum atomic E-state index is 12.2. The van der Waals surface area contributed by atoms with Crippen LogP contribution >= 0.6 is 27.3 Å². The van der Waals surface area contributed by atoms with E-state index in [2.05, 4.69) is 15.9 Å². The average molecular weight is 305 g/mol. The molecular weight excluding hydrogens is 288 g/mol. The Bertz CT molecular complexity index is 347. The van der Waals surface area contributed by atoms with Crippen molar-refractivity contribution in [2.24, 2.45) is 0 Å². The number of carbonyl (C=O) groups is 1. The van der Waals surface area contributed by atoms with Crippen LogP contribution < -0.4 is 0 Å². The molecular formula is C12H17BrO2S. The molecule has 0 amide bonds. The predicted molar refractivity (Wildman–Crippen MR) is 71.1 cm³/mol. The molecule has 0 atom stereocenters. The van der Waals surface area contributed by atoms with Gasteiger partial charge in [0.1, 0.15) is 5.60 Å². The van der Waals surface area contributed by atoms with E-state index in [1.807, 2.05) is 26.0 Å². The number of hydrogen-bond donors (Lipinski definition) is 0. The van der Waals surface area contributed by atoms with Gasteiger partial charge in [0.15, 0.2) is 5.78 Å². The Morgan fingerprint density at radius 1 is 1.44 bits per heavy atom. The minimum absolute atomic E-state index is 0.175. The molecule has 0 bridgehead atoms. The molecule has 0 aliphatic carbocycles. The minimum atomic E-state index is -0.601. The molecule has 1 rings (SSSR count). The molecule has 0 unspecified atom stereocenters. The van der Waals surface area contributed by atoms with Gasteiger partial charge in [0.05, 0.1) is 3.79 Å². The van der Waals surface area contributed by atoms with Gasteiger partial charge in [0.2, 0.25) is 0 Å². The van der Waals surface area contributed by atoms with Crippen LogP contribution in [-0.4, -0.2) is 18.5 Å². The van der Waals surface area contributed by atoms with Gasteiger partial charge in [0, 0.05) is 18.4 Å². The highest BCUT2D eigenvalue weighted by Crippen LogP contribution is 2.27. The van der Waals surface area contributed by atoms with Crippen LogP contribution in [0.5, 0.6) is 0 Å². The average Bonchev–Trinajstić information content (AvgIpc) is 2.67. The molecule has 0 radical (unpaired) electrons. The standard InChI is InChI=1S/C12H17BrO2S/c1-4-12(5-2,15-3)10(14)8-9-6-7-11(13)16-9/h6-7H,4-5,8H2,1-3H3. The highest BCUT2D eigenvalue weighted by molar-refractivity contribution is 9.11. The molecule has 0 saturated carbocycles. The van der Waals surface area contributed by atoms with Crippen molar-refractivity contribution in [3.63, 3.8) is 0 Å². The zero-order valence-corrected chi connectivity index (χ0v) is 12.3. The second-order valence-corrected chi connectivity index (χ2v) is 6.26. The molecule has 1 heterocycles. The fraction of sp³-hybridized carbons (Fsp3) is 0.583. The monoisotopic (exact) mass is 304 g/mol. The van der Waals surface area contributed by atoms with Gasteiger partial charge in [-0.25, -0.2) is 0 Å². The number of rotatable bonds is 6. The summed E-state index contributed by atoms with van der Waals surface area (Å²) in [6.45, 7) is 3.99. The van der Waals surface area contributed by atoms with Crippen molar-refractivity contribution < 1.29 is 9.53 Å². The lowest BCUT2D eigenvalue weighted by Crippen LogP contribution is -2.40. The minimum Gasteiger partial charge on any atom is -0.370 e. The zero-order chi connectivity index (χ0) is 12.2. The van der Waals surface area contributed by atoms with E-state index in [0.29, 0.717) is 6.42 Å². The number of ketones is 1. The van der Waals surface area contributed by atoms with E-state index >= 15 is 0 Å². The first kappa shape index (κ1) is 13.9. The SMILES string of the molecule is CCC(CC)(OC)C(=O)Cc1ccc(Br)s1. The summed E-state index contributed by atoms with van der Waals surface area (Å²) >= 11 is 5.00. The number of thiophene rings is 1. The smallest absolute Gasteiger partial charge is 0.169 e. The zero-order valence-electron chi connectivity index (χ0n) is 9.88. The highest BCUT2D eigenvalue weighted by atomic mass is 79.9. The van der Waals surface area contributed by atoms with E-state index in [9.17, 15) is 4.79 Å². The van der Waals surface area contributed by atoms with Crippen molar-refractivity contribution in [2.45, 2.75) is 38.7 Å². The summed E-state index contributed by atoms with van der Waals surface area (Å²) in [5, 5.41) is 0. The molecule has 2 nitrogen and oxygen atoms in total. The van der Waals surface area contributed by atoms with Gasteiger partial charge >= 0.3 is 0 Å². The summed E-state index contributed by atoms with van der Waals surface area (Å²) < 4.78 is 6.48. The molecule has 4 heteroatoms. The second-order valence-electron chi connectivity index (χ2n) is 3.71. The lowest BCUT2D eigenvalue weighted by molar-refractivity contribution is -0.141. The van der Waals surface area contributed by atoms with Crippen LogP contribution in [0.2, 0.25) is 0 Å². The first-order valence-electron chi connectivity index (χ1n) is 5.40. The van der Waals surface area contributed by atoms with Crippen LogP contribution in [0.25, 0.3) is 0 Å². The Hall–Kier alpha value is -0.190. The molecule has 0 fully saturated rings. The van der Waals surface area contributed by atoms with Crippen LogP contribution in [-0.2, 0) is 16.0 Å². The van der Waals surface area contributed by atoms with E-state index in [4.69, 9.17) is 4.74 Å². The highest BCUT2D eigenvalue weighted by Gasteiger charge is 2.34. The third-order valence-electron chi connectivity index (χ3n) is 3.00. The Morgan fingerprint density at radius 2 is 2.06 bits per heavy atom. The molecule has 90 valence electrons. The largest absolute Gasteiger partial charge is 0.370 e. The molecule has 0 saturated heterocycles. The number of halogens is 1. The van der Waals surface area contributed by atoms with Gasteiger partial charge < -0.3 is 4.74 Å². The maximum absolute atomic E-state index is 12.2. The Morgan fingerprint density at radius 3 is 2.44 bits per heavy atom. The summed E-state index contributed by atoms with van der Waals surface area (Å²) in [5.41, 5.74) is -0.601. The first-order chi connectivity index (χ1) is 7.57. The normalized spacial score (nSPS) is 11.8. The first-order valence-corrected chi connectivity index (χ1v) is 7.01. The summed E-state index contributed by atoms with van der Waals surface area (Å²) in [7, 11) is 1.62. The van der Waals surface area contributed by atoms with E-state index < -0.39 is 5.60 Å². The van der Waals surface area contributed by atoms with Crippen LogP contribution in [0, 0.1) is 0 Å². The number of ether oxygens (including phenoxy) is 1. The molecule has 0 aromatic carbocycles. The van der Waals surface area contributed by atoms with E-state index in [0.717, 1.165) is 21.5 Å². The summed E-state index contributed by atoms with van der Waals surface area (Å²) in [4.78, 5) is 13.3. The van der Waals surface area contributed by atoms with E-state index in [-0.39, 0.29) is 5.78 Å². The van der Waals surface area contributed by atoms with Crippen LogP contribution in [0.3, 0.4) is 0 Å². The fourth-order valence-corrected chi connectivity index (χ4v) is 3.29. The molecule has 0 spiro atoms. The molecule has 1 aromatic rings. The molecule has 16 heavy (non-hydrogen) atoms. The molecule has 0 aliphatic rings. The van der Waals surface area contributed by atoms with Crippen molar-refractivity contribution in [1.29, 1.82) is 0 Å². The van der Waals surface area contributed by atoms with Gasteiger partial charge in [-0.05, 0) is 40.9 Å². The predicted octanol–water partition coefficient (Wildman–Crippen LogP) is 3.83. The van der Waals surface area contributed by atoms with Gasteiger partial charge in [0.25, 0.3) is 0 Å². The summed E-state index contributed by atoms with van der Waals surface area (Å²) in [6.07, 6.45) is 1.92. The maximum Gasteiger partial charge on any atom is 0.169 e. The molecule has 0 N–H and O–H groups in total. The quantitative estimate of drug-likeness (QED) is 0.798. The molecule has 0 aliphatic heterocycles. The van der Waals surface area contributed by atoms with Crippen LogP contribution in [0.1, 0.15) is 31.6 Å². The summed E-state index contributed by atoms with van der Waals surface area (Å²) in [5.74, 6) is 0.175. The van der Waals surface area contributed by atoms with Crippen LogP contribution in [0.4, 0.5) is 0 Å². The van der Waals surface area contributed by atoms with Gasteiger partial charge in [-0.15, -0.1) is 11.3 Å². The van der Waals surface area contributed by atoms with Crippen molar-refractivity contribution in [3.8, 4) is 0 Å². The Labute approximate surface area is 109 Å². The van der Waals surface area contributed by atoms with Gasteiger partial charge in [-0.3, -0.25) is 4.79 Å². The Kier molecular flexibility index (Phi) is 5.15. The van der Waals surface area contributed by atoms with E-state index in [1.54, 1.807) is 18.4 Å². The van der Waals surface area contributed by atoms with Crippen molar-refractivity contribution in [2.75, 3.05) is 7.11 Å². The second kappa shape index (κ2) is 5.94. The van der Waals surface area contributed by atoms with Crippen molar-refractivity contribution in [3.05, 3.63) is 20.8 Å². The van der Waals surface area contributed by atoms with Crippen molar-refractivity contribution >= 4 is 33.0 Å². The lowest BCUT2D eigenvalue weighted by Gasteiger charge is -2.28. The van der Waals surface area contributed by atoms with Crippen molar-refractivity contribution in [1.82, 2.24) is 0 Å². The Balaban J connectivity index is 2.77. The number of hydrogen-bond acceptors (Lipinski definition) is 3. The molecule has 1 aromatic heterocycles. The van der Waals surface area contributed by atoms with Gasteiger partial charge in [-0.1, -0.05) is 13.8 Å². The number of Topliss-reactive ketones (excluding diaryl/α,β-unsaturated/α-hetero) is 1. The van der Waals surface area contributed by atoms with E-state index in [1.165, 1.54) is 0 Å². The lowest BCUT2D eigenvalue weighted by atomic mass is 9.90. The number of carbonyl (C=O) groups excluding carboxylic acids is 1. The fourth-order valence-electron chi connectivity index (χ4n) is 1.81. The van der Waals surface area contributed by atoms with Crippen LogP contribution in [0.15, 0.2) is 15.9 Å². The summed E-state index contributed by atoms with van der Waals surface area (Å²) in [6, 6.07) is 3.96. The number of methoxy groups -OCH3 is 1.